The van der Waals surface area contributed by atoms with Gasteiger partial charge in [0, 0.05) is 20.1 Å². The summed E-state index contributed by atoms with van der Waals surface area (Å²) in [5.41, 5.74) is 0.271. The van der Waals surface area contributed by atoms with Gasteiger partial charge in [0.25, 0.3) is 5.69 Å². The van der Waals surface area contributed by atoms with E-state index in [2.05, 4.69) is 5.32 Å². The van der Waals surface area contributed by atoms with E-state index in [1.165, 1.54) is 12.1 Å². The first kappa shape index (κ1) is 10.8. The van der Waals surface area contributed by atoms with Gasteiger partial charge in [0.15, 0.2) is 0 Å². The van der Waals surface area contributed by atoms with Gasteiger partial charge < -0.3 is 10.2 Å². The zero-order valence-electron chi connectivity index (χ0n) is 8.81. The molecule has 1 aromatic rings. The van der Waals surface area contributed by atoms with Gasteiger partial charge in [-0.15, -0.1) is 0 Å². The van der Waals surface area contributed by atoms with Gasteiger partial charge >= 0.3 is 0 Å². The van der Waals surface area contributed by atoms with E-state index in [0.29, 0.717) is 5.69 Å². The summed E-state index contributed by atoms with van der Waals surface area (Å²) >= 11 is 0. The van der Waals surface area contributed by atoms with Crippen LogP contribution < -0.4 is 10.2 Å². The predicted molar refractivity (Wildman–Crippen MR) is 58.1 cm³/mol. The van der Waals surface area contributed by atoms with E-state index >= 15 is 0 Å². The van der Waals surface area contributed by atoms with Crippen molar-refractivity contribution < 1.29 is 9.31 Å². The van der Waals surface area contributed by atoms with E-state index in [9.17, 15) is 14.5 Å². The molecule has 1 fully saturated rings. The van der Waals surface area contributed by atoms with Crippen molar-refractivity contribution in [2.24, 2.45) is 0 Å². The molecular formula is C10H12FN3O2. The minimum absolute atomic E-state index is 0.186. The molecule has 1 heterocycles. The molecule has 0 aromatic heterocycles. The summed E-state index contributed by atoms with van der Waals surface area (Å²) in [5, 5.41) is 13.9. The predicted octanol–water partition coefficient (Wildman–Crippen LogP) is 1.14. The number of nitro benzene ring substituents is 1. The van der Waals surface area contributed by atoms with Crippen LogP contribution in [0.1, 0.15) is 0 Å². The zero-order chi connectivity index (χ0) is 11.7. The standard InChI is InChI=1S/C10H12FN3O2/c1-13(8-5-12-6-8)9-3-2-7(11)4-10(9)14(15)16/h2-4,8,12H,5-6H2,1H3. The van der Waals surface area contributed by atoms with E-state index < -0.39 is 10.7 Å². The summed E-state index contributed by atoms with van der Waals surface area (Å²) in [6, 6.07) is 3.89. The minimum atomic E-state index is -0.587. The third kappa shape index (κ3) is 1.83. The average molecular weight is 225 g/mol. The zero-order valence-corrected chi connectivity index (χ0v) is 8.81. The number of anilines is 1. The molecule has 0 amide bonds. The minimum Gasteiger partial charge on any atom is -0.364 e. The molecule has 0 saturated carbocycles. The van der Waals surface area contributed by atoms with Gasteiger partial charge in [-0.2, -0.15) is 0 Å². The SMILES string of the molecule is CN(c1ccc(F)cc1[N+](=O)[O-])C1CNC1. The number of nitro groups is 1. The average Bonchev–Trinajstić information content (AvgIpc) is 2.14. The van der Waals surface area contributed by atoms with E-state index in [-0.39, 0.29) is 11.7 Å². The van der Waals surface area contributed by atoms with Crippen molar-refractivity contribution in [1.29, 1.82) is 0 Å². The van der Waals surface area contributed by atoms with Gasteiger partial charge in [-0.3, -0.25) is 10.1 Å². The summed E-state index contributed by atoms with van der Waals surface area (Å²) in [6.07, 6.45) is 0. The number of nitrogens with zero attached hydrogens (tertiary/aromatic N) is 2. The Morgan fingerprint density at radius 2 is 2.25 bits per heavy atom. The molecule has 1 saturated heterocycles. The van der Waals surface area contributed by atoms with Crippen molar-refractivity contribution in [2.45, 2.75) is 6.04 Å². The highest BCUT2D eigenvalue weighted by Crippen LogP contribution is 2.29. The first-order valence-corrected chi connectivity index (χ1v) is 4.97. The van der Waals surface area contributed by atoms with Crippen LogP contribution in [-0.2, 0) is 0 Å². The summed E-state index contributed by atoms with van der Waals surface area (Å²) in [5.74, 6) is -0.587. The van der Waals surface area contributed by atoms with Crippen LogP contribution in [0, 0.1) is 15.9 Å². The van der Waals surface area contributed by atoms with E-state index in [1.54, 1.807) is 7.05 Å². The molecule has 0 bridgehead atoms. The topological polar surface area (TPSA) is 58.4 Å². The maximum absolute atomic E-state index is 12.9. The van der Waals surface area contributed by atoms with Crippen LogP contribution in [0.2, 0.25) is 0 Å². The smallest absolute Gasteiger partial charge is 0.295 e. The van der Waals surface area contributed by atoms with Gasteiger partial charge in [-0.25, -0.2) is 4.39 Å². The van der Waals surface area contributed by atoms with Gasteiger partial charge in [0.2, 0.25) is 0 Å². The Kier molecular flexibility index (Phi) is 2.74. The maximum Gasteiger partial charge on any atom is 0.295 e. The van der Waals surface area contributed by atoms with Crippen LogP contribution in [0.3, 0.4) is 0 Å². The summed E-state index contributed by atoms with van der Waals surface area (Å²) in [4.78, 5) is 12.1. The van der Waals surface area contributed by atoms with Crippen molar-refractivity contribution in [3.63, 3.8) is 0 Å². The molecule has 1 aliphatic rings. The lowest BCUT2D eigenvalue weighted by Gasteiger charge is -2.36. The van der Waals surface area contributed by atoms with Gasteiger partial charge in [-0.1, -0.05) is 0 Å². The highest BCUT2D eigenvalue weighted by Gasteiger charge is 2.26. The molecule has 16 heavy (non-hydrogen) atoms. The third-order valence-electron chi connectivity index (χ3n) is 2.82. The molecule has 2 rings (SSSR count). The van der Waals surface area contributed by atoms with Crippen LogP contribution in [0.15, 0.2) is 18.2 Å². The second-order valence-electron chi connectivity index (χ2n) is 3.81. The van der Waals surface area contributed by atoms with Crippen molar-refractivity contribution >= 4 is 11.4 Å². The molecule has 5 nitrogen and oxygen atoms in total. The molecule has 0 radical (unpaired) electrons. The number of nitrogens with one attached hydrogen (secondary N) is 1. The van der Waals surface area contributed by atoms with Crippen molar-refractivity contribution in [3.05, 3.63) is 34.1 Å². The Morgan fingerprint density at radius 3 is 2.75 bits per heavy atom. The molecule has 0 unspecified atom stereocenters. The molecule has 1 aliphatic heterocycles. The lowest BCUT2D eigenvalue weighted by molar-refractivity contribution is -0.384. The number of hydrogen-bond donors (Lipinski definition) is 1. The molecule has 0 aliphatic carbocycles. The number of rotatable bonds is 3. The Bertz CT molecular complexity index is 421. The fraction of sp³-hybridized carbons (Fsp3) is 0.400. The highest BCUT2D eigenvalue weighted by atomic mass is 19.1. The Balaban J connectivity index is 2.34. The number of hydrogen-bond acceptors (Lipinski definition) is 4. The van der Waals surface area contributed by atoms with Gasteiger partial charge in [-0.05, 0) is 12.1 Å². The Labute approximate surface area is 92.0 Å². The second-order valence-corrected chi connectivity index (χ2v) is 3.81. The van der Waals surface area contributed by atoms with Crippen molar-refractivity contribution in [2.75, 3.05) is 25.0 Å². The monoisotopic (exact) mass is 225 g/mol. The lowest BCUT2D eigenvalue weighted by Crippen LogP contribution is -2.56. The maximum atomic E-state index is 12.9. The van der Waals surface area contributed by atoms with Crippen LogP contribution in [0.5, 0.6) is 0 Å². The van der Waals surface area contributed by atoms with Crippen LogP contribution in [0.25, 0.3) is 0 Å². The van der Waals surface area contributed by atoms with Crippen LogP contribution >= 0.6 is 0 Å². The van der Waals surface area contributed by atoms with Gasteiger partial charge in [0.1, 0.15) is 11.5 Å². The second kappa shape index (κ2) is 4.05. The third-order valence-corrected chi connectivity index (χ3v) is 2.82. The summed E-state index contributed by atoms with van der Waals surface area (Å²) in [6.45, 7) is 1.59. The van der Waals surface area contributed by atoms with E-state index in [4.69, 9.17) is 0 Å². The summed E-state index contributed by atoms with van der Waals surface area (Å²) < 4.78 is 12.9. The number of likely N-dealkylation sites (N-methyl/N-ethyl adjacent to an activating group) is 1. The largest absolute Gasteiger partial charge is 0.364 e. The van der Waals surface area contributed by atoms with Crippen molar-refractivity contribution in [3.8, 4) is 0 Å². The molecule has 0 spiro atoms. The normalized spacial score (nSPS) is 15.6. The molecule has 6 heteroatoms. The molecule has 1 aromatic carbocycles. The molecule has 1 N–H and O–H groups in total. The van der Waals surface area contributed by atoms with Crippen LogP contribution in [-0.4, -0.2) is 31.1 Å². The van der Waals surface area contributed by atoms with E-state index in [0.717, 1.165) is 19.2 Å². The first-order valence-electron chi connectivity index (χ1n) is 4.97. The number of halogens is 1. The molecule has 86 valence electrons. The number of benzene rings is 1. The van der Waals surface area contributed by atoms with Gasteiger partial charge in [0.05, 0.1) is 17.0 Å². The van der Waals surface area contributed by atoms with Crippen molar-refractivity contribution in [1.82, 2.24) is 5.32 Å². The van der Waals surface area contributed by atoms with E-state index in [1.807, 2.05) is 4.90 Å². The fourth-order valence-corrected chi connectivity index (χ4v) is 1.69. The highest BCUT2D eigenvalue weighted by molar-refractivity contribution is 5.63. The Morgan fingerprint density at radius 1 is 1.56 bits per heavy atom. The molecular weight excluding hydrogens is 213 g/mol. The lowest BCUT2D eigenvalue weighted by atomic mass is 10.1. The fourth-order valence-electron chi connectivity index (χ4n) is 1.69. The van der Waals surface area contributed by atoms with Crippen LogP contribution in [0.4, 0.5) is 15.8 Å². The molecule has 0 atom stereocenters. The first-order chi connectivity index (χ1) is 7.59. The quantitative estimate of drug-likeness (QED) is 0.619. The summed E-state index contributed by atoms with van der Waals surface area (Å²) in [7, 11) is 1.78. The Hall–Kier alpha value is -1.69.